The molecular weight excluding hydrogens is 260 g/mol. The van der Waals surface area contributed by atoms with Gasteiger partial charge in [0.25, 0.3) is 5.91 Å². The summed E-state index contributed by atoms with van der Waals surface area (Å²) >= 11 is 0. The number of likely N-dealkylation sites (N-methyl/N-ethyl adjacent to an activating group) is 1. The number of nitrogens with one attached hydrogen (secondary N) is 1. The van der Waals surface area contributed by atoms with Crippen LogP contribution in [0.2, 0.25) is 0 Å². The van der Waals surface area contributed by atoms with Gasteiger partial charge in [0.2, 0.25) is 0 Å². The summed E-state index contributed by atoms with van der Waals surface area (Å²) in [5.41, 5.74) is 1.65. The van der Waals surface area contributed by atoms with Crippen LogP contribution in [0.4, 0.5) is 5.69 Å². The smallest absolute Gasteiger partial charge is 0.251 e. The van der Waals surface area contributed by atoms with E-state index in [0.717, 1.165) is 5.69 Å². The summed E-state index contributed by atoms with van der Waals surface area (Å²) in [4.78, 5) is 14.3. The number of amides is 1. The Morgan fingerprint density at radius 1 is 1.00 bits per heavy atom. The molecule has 1 N–H and O–H groups in total. The molecule has 0 fully saturated rings. The van der Waals surface area contributed by atoms with Crippen LogP contribution in [0.25, 0.3) is 0 Å². The van der Waals surface area contributed by atoms with Crippen molar-refractivity contribution in [1.82, 2.24) is 5.32 Å². The zero-order chi connectivity index (χ0) is 15.3. The third-order valence-electron chi connectivity index (χ3n) is 3.77. The second-order valence-electron chi connectivity index (χ2n) is 5.76. The number of para-hydroxylation sites is 1. The molecule has 0 spiro atoms. The van der Waals surface area contributed by atoms with Crippen molar-refractivity contribution in [3.8, 4) is 0 Å². The third kappa shape index (κ3) is 3.85. The third-order valence-corrected chi connectivity index (χ3v) is 3.77. The highest BCUT2D eigenvalue weighted by molar-refractivity contribution is 5.94. The van der Waals surface area contributed by atoms with Crippen LogP contribution in [0.5, 0.6) is 0 Å². The topological polar surface area (TPSA) is 32.3 Å². The summed E-state index contributed by atoms with van der Waals surface area (Å²) in [5.74, 6) is -0.0369. The lowest BCUT2D eigenvalue weighted by molar-refractivity contribution is 0.0946. The number of anilines is 1. The van der Waals surface area contributed by atoms with Crippen LogP contribution in [0, 0.1) is 0 Å². The Balaban J connectivity index is 2.00. The van der Waals surface area contributed by atoms with Crippen molar-refractivity contribution in [2.75, 3.05) is 18.5 Å². The summed E-state index contributed by atoms with van der Waals surface area (Å²) < 4.78 is 0. The highest BCUT2D eigenvalue weighted by atomic mass is 16.1. The van der Waals surface area contributed by atoms with E-state index in [-0.39, 0.29) is 11.4 Å². The predicted octanol–water partition coefficient (Wildman–Crippen LogP) is 3.33. The average Bonchev–Trinajstić information content (AvgIpc) is 2.53. The Labute approximate surface area is 126 Å². The van der Waals surface area contributed by atoms with E-state index in [2.05, 4.69) is 36.2 Å². The minimum Gasteiger partial charge on any atom is -0.368 e. The van der Waals surface area contributed by atoms with Gasteiger partial charge in [-0.25, -0.2) is 0 Å². The van der Waals surface area contributed by atoms with Gasteiger partial charge in [-0.05, 0) is 38.1 Å². The first-order chi connectivity index (χ1) is 10.0. The molecule has 2 aromatic carbocycles. The molecule has 0 saturated carbocycles. The molecule has 0 heterocycles. The second kappa shape index (κ2) is 6.44. The number of carbonyl (C=O) groups excluding carboxylic acids is 1. The lowest BCUT2D eigenvalue weighted by Crippen LogP contribution is -2.50. The summed E-state index contributed by atoms with van der Waals surface area (Å²) in [7, 11) is 2.05. The summed E-state index contributed by atoms with van der Waals surface area (Å²) in [5, 5.41) is 3.01. The molecular formula is C18H22N2O. The summed E-state index contributed by atoms with van der Waals surface area (Å²) in [6.45, 7) is 4.81. The van der Waals surface area contributed by atoms with Crippen LogP contribution in [0.1, 0.15) is 24.2 Å². The number of hydrogen-bond donors (Lipinski definition) is 1. The molecule has 2 rings (SSSR count). The van der Waals surface area contributed by atoms with Crippen molar-refractivity contribution in [3.05, 3.63) is 66.2 Å². The zero-order valence-electron chi connectivity index (χ0n) is 12.8. The maximum Gasteiger partial charge on any atom is 0.251 e. The van der Waals surface area contributed by atoms with Crippen LogP contribution in [-0.2, 0) is 0 Å². The van der Waals surface area contributed by atoms with Crippen molar-refractivity contribution < 1.29 is 4.79 Å². The number of benzene rings is 2. The largest absolute Gasteiger partial charge is 0.368 e. The fraction of sp³-hybridized carbons (Fsp3) is 0.278. The van der Waals surface area contributed by atoms with Crippen LogP contribution in [-0.4, -0.2) is 25.0 Å². The Kier molecular flexibility index (Phi) is 4.63. The molecule has 0 aliphatic carbocycles. The van der Waals surface area contributed by atoms with Crippen molar-refractivity contribution in [1.29, 1.82) is 0 Å². The van der Waals surface area contributed by atoms with E-state index in [9.17, 15) is 4.79 Å². The second-order valence-corrected chi connectivity index (χ2v) is 5.76. The monoisotopic (exact) mass is 282 g/mol. The Morgan fingerprint density at radius 3 is 2.10 bits per heavy atom. The van der Waals surface area contributed by atoms with E-state index in [1.165, 1.54) is 0 Å². The van der Waals surface area contributed by atoms with Gasteiger partial charge < -0.3 is 10.2 Å². The molecule has 110 valence electrons. The van der Waals surface area contributed by atoms with E-state index < -0.39 is 0 Å². The van der Waals surface area contributed by atoms with Gasteiger partial charge in [-0.3, -0.25) is 4.79 Å². The Bertz CT molecular complexity index is 579. The summed E-state index contributed by atoms with van der Waals surface area (Å²) in [6, 6.07) is 19.5. The van der Waals surface area contributed by atoms with E-state index in [1.54, 1.807) is 0 Å². The van der Waals surface area contributed by atoms with Gasteiger partial charge in [0.15, 0.2) is 0 Å². The van der Waals surface area contributed by atoms with E-state index >= 15 is 0 Å². The molecule has 0 atom stereocenters. The molecule has 3 heteroatoms. The van der Waals surface area contributed by atoms with Crippen LogP contribution in [0.3, 0.4) is 0 Å². The van der Waals surface area contributed by atoms with Crippen LogP contribution < -0.4 is 10.2 Å². The fourth-order valence-electron chi connectivity index (χ4n) is 2.11. The maximum absolute atomic E-state index is 12.1. The molecule has 0 aliphatic rings. The predicted molar refractivity (Wildman–Crippen MR) is 87.7 cm³/mol. The molecule has 0 bridgehead atoms. The molecule has 0 aromatic heterocycles. The molecule has 0 saturated heterocycles. The molecule has 3 nitrogen and oxygen atoms in total. The lowest BCUT2D eigenvalue weighted by Gasteiger charge is -2.37. The average molecular weight is 282 g/mol. The zero-order valence-corrected chi connectivity index (χ0v) is 12.8. The van der Waals surface area contributed by atoms with Crippen LogP contribution in [0.15, 0.2) is 60.7 Å². The maximum atomic E-state index is 12.1. The molecule has 0 unspecified atom stereocenters. The highest BCUT2D eigenvalue weighted by Gasteiger charge is 2.24. The minimum absolute atomic E-state index is 0.0369. The number of hydrogen-bond acceptors (Lipinski definition) is 2. The first-order valence-corrected chi connectivity index (χ1v) is 7.13. The van der Waals surface area contributed by atoms with E-state index in [1.807, 2.05) is 55.6 Å². The van der Waals surface area contributed by atoms with Crippen molar-refractivity contribution in [2.24, 2.45) is 0 Å². The quantitative estimate of drug-likeness (QED) is 0.912. The number of carbonyl (C=O) groups is 1. The normalized spacial score (nSPS) is 11.0. The van der Waals surface area contributed by atoms with Crippen molar-refractivity contribution >= 4 is 11.6 Å². The minimum atomic E-state index is -0.175. The SMILES string of the molecule is CN(c1ccccc1)C(C)(C)CNC(=O)c1ccccc1. The van der Waals surface area contributed by atoms with Gasteiger partial charge in [-0.15, -0.1) is 0 Å². The van der Waals surface area contributed by atoms with Gasteiger partial charge in [-0.1, -0.05) is 36.4 Å². The van der Waals surface area contributed by atoms with Crippen molar-refractivity contribution in [2.45, 2.75) is 19.4 Å². The Hall–Kier alpha value is -2.29. The highest BCUT2D eigenvalue weighted by Crippen LogP contribution is 2.21. The Morgan fingerprint density at radius 2 is 1.52 bits per heavy atom. The molecule has 21 heavy (non-hydrogen) atoms. The van der Waals surface area contributed by atoms with Crippen LogP contribution >= 0.6 is 0 Å². The van der Waals surface area contributed by atoms with Gasteiger partial charge in [0.1, 0.15) is 0 Å². The van der Waals surface area contributed by atoms with Gasteiger partial charge in [0.05, 0.1) is 5.54 Å². The lowest BCUT2D eigenvalue weighted by atomic mass is 10.0. The van der Waals surface area contributed by atoms with Gasteiger partial charge >= 0.3 is 0 Å². The first-order valence-electron chi connectivity index (χ1n) is 7.13. The van der Waals surface area contributed by atoms with E-state index in [0.29, 0.717) is 12.1 Å². The number of rotatable bonds is 5. The molecule has 0 aliphatic heterocycles. The molecule has 1 amide bonds. The first kappa shape index (κ1) is 15.1. The number of nitrogens with zero attached hydrogens (tertiary/aromatic N) is 1. The van der Waals surface area contributed by atoms with Gasteiger partial charge in [0, 0.05) is 24.8 Å². The molecule has 2 aromatic rings. The fourth-order valence-corrected chi connectivity index (χ4v) is 2.11. The van der Waals surface area contributed by atoms with Gasteiger partial charge in [-0.2, -0.15) is 0 Å². The van der Waals surface area contributed by atoms with Crippen molar-refractivity contribution in [3.63, 3.8) is 0 Å². The molecule has 0 radical (unpaired) electrons. The summed E-state index contributed by atoms with van der Waals surface area (Å²) in [6.07, 6.45) is 0. The van der Waals surface area contributed by atoms with E-state index in [4.69, 9.17) is 0 Å². The standard InChI is InChI=1S/C18H22N2O/c1-18(2,20(3)16-12-8-5-9-13-16)14-19-17(21)15-10-6-4-7-11-15/h4-13H,14H2,1-3H3,(H,19,21).